The number of para-hydroxylation sites is 1. The number of aromatic nitrogens is 3. The Bertz CT molecular complexity index is 1460. The van der Waals surface area contributed by atoms with Gasteiger partial charge in [-0.2, -0.15) is 0 Å². The van der Waals surface area contributed by atoms with Crippen molar-refractivity contribution >= 4 is 26.7 Å². The zero-order chi connectivity index (χ0) is 22.2. The van der Waals surface area contributed by atoms with Crippen molar-refractivity contribution in [3.8, 4) is 0 Å². The molecule has 0 aliphatic carbocycles. The van der Waals surface area contributed by atoms with Crippen molar-refractivity contribution in [1.82, 2.24) is 14.5 Å². The van der Waals surface area contributed by atoms with Gasteiger partial charge in [-0.3, -0.25) is 18.7 Å². The molecule has 0 fully saturated rings. The fourth-order valence-electron chi connectivity index (χ4n) is 3.48. The lowest BCUT2D eigenvalue weighted by Crippen LogP contribution is -2.34. The monoisotopic (exact) mass is 436 g/mol. The van der Waals surface area contributed by atoms with E-state index in [0.717, 1.165) is 10.1 Å². The highest BCUT2D eigenvalue weighted by Crippen LogP contribution is 2.33. The summed E-state index contributed by atoms with van der Waals surface area (Å²) >= 11 is 0. The minimum Gasteiger partial charge on any atom is -0.281 e. The Morgan fingerprint density at radius 2 is 1.61 bits per heavy atom. The van der Waals surface area contributed by atoms with Crippen LogP contribution in [-0.2, 0) is 17.1 Å². The first-order valence-corrected chi connectivity index (χ1v) is 11.0. The molecule has 2 aromatic carbocycles. The van der Waals surface area contributed by atoms with E-state index in [1.165, 1.54) is 23.6 Å². The number of nitrogens with one attached hydrogen (secondary N) is 1. The minimum absolute atomic E-state index is 0.0172. The van der Waals surface area contributed by atoms with E-state index in [4.69, 9.17) is 0 Å². The number of rotatable bonds is 5. The Kier molecular flexibility index (Phi) is 5.20. The summed E-state index contributed by atoms with van der Waals surface area (Å²) in [6.07, 6.45) is 1.17. The van der Waals surface area contributed by atoms with E-state index < -0.39 is 27.3 Å². The van der Waals surface area contributed by atoms with Crippen LogP contribution in [0.3, 0.4) is 0 Å². The third-order valence-corrected chi connectivity index (χ3v) is 6.99. The fourth-order valence-corrected chi connectivity index (χ4v) is 5.10. The molecule has 0 amide bonds. The Morgan fingerprint density at radius 1 is 1.00 bits per heavy atom. The summed E-state index contributed by atoms with van der Waals surface area (Å²) in [7, 11) is -2.65. The number of sulfonamides is 1. The number of aromatic amines is 1. The number of anilines is 1. The second-order valence-electron chi connectivity index (χ2n) is 7.08. The molecule has 158 valence electrons. The predicted molar refractivity (Wildman–Crippen MR) is 119 cm³/mol. The Balaban J connectivity index is 1.92. The molecule has 0 saturated heterocycles. The molecule has 0 radical (unpaired) electrons. The average Bonchev–Trinajstić information content (AvgIpc) is 2.78. The molecule has 0 bridgehead atoms. The van der Waals surface area contributed by atoms with Gasteiger partial charge in [-0.05, 0) is 30.7 Å². The number of aryl methyl sites for hydroxylation is 1. The van der Waals surface area contributed by atoms with Crippen LogP contribution in [0.5, 0.6) is 0 Å². The molecule has 9 heteroatoms. The van der Waals surface area contributed by atoms with Gasteiger partial charge in [-0.15, -0.1) is 0 Å². The maximum Gasteiger partial charge on any atom is 0.329 e. The van der Waals surface area contributed by atoms with Gasteiger partial charge < -0.3 is 0 Å². The van der Waals surface area contributed by atoms with Crippen molar-refractivity contribution < 1.29 is 8.42 Å². The number of benzene rings is 2. The normalized spacial score (nSPS) is 12.6. The van der Waals surface area contributed by atoms with Gasteiger partial charge in [0.25, 0.3) is 15.6 Å². The molecule has 0 spiro atoms. The molecule has 0 aliphatic rings. The van der Waals surface area contributed by atoms with Crippen LogP contribution in [0, 0.1) is 0 Å². The van der Waals surface area contributed by atoms with Gasteiger partial charge in [-0.1, -0.05) is 48.5 Å². The zero-order valence-corrected chi connectivity index (χ0v) is 17.7. The van der Waals surface area contributed by atoms with E-state index >= 15 is 0 Å². The van der Waals surface area contributed by atoms with Crippen LogP contribution in [0.4, 0.5) is 5.69 Å². The van der Waals surface area contributed by atoms with Crippen molar-refractivity contribution in [3.05, 3.63) is 99.3 Å². The van der Waals surface area contributed by atoms with Crippen molar-refractivity contribution in [2.24, 2.45) is 7.05 Å². The van der Waals surface area contributed by atoms with Gasteiger partial charge >= 0.3 is 5.69 Å². The van der Waals surface area contributed by atoms with Crippen molar-refractivity contribution in [3.63, 3.8) is 0 Å². The number of H-pyrrole nitrogens is 1. The zero-order valence-electron chi connectivity index (χ0n) is 16.9. The van der Waals surface area contributed by atoms with Crippen molar-refractivity contribution in [2.75, 3.05) is 4.31 Å². The maximum atomic E-state index is 13.8. The van der Waals surface area contributed by atoms with Crippen LogP contribution in [0.1, 0.15) is 18.5 Å². The molecule has 4 aromatic rings. The third kappa shape index (κ3) is 3.64. The van der Waals surface area contributed by atoms with Crippen LogP contribution in [0.15, 0.2) is 87.4 Å². The van der Waals surface area contributed by atoms with Gasteiger partial charge in [-0.25, -0.2) is 18.2 Å². The van der Waals surface area contributed by atoms with Crippen LogP contribution >= 0.6 is 0 Å². The lowest BCUT2D eigenvalue weighted by atomic mass is 10.1. The van der Waals surface area contributed by atoms with Gasteiger partial charge in [0.15, 0.2) is 0 Å². The highest BCUT2D eigenvalue weighted by molar-refractivity contribution is 7.92. The summed E-state index contributed by atoms with van der Waals surface area (Å²) in [6.45, 7) is 1.80. The molecule has 8 nitrogen and oxygen atoms in total. The van der Waals surface area contributed by atoms with Crippen LogP contribution < -0.4 is 15.6 Å². The van der Waals surface area contributed by atoms with Crippen molar-refractivity contribution in [2.45, 2.75) is 17.9 Å². The average molecular weight is 436 g/mol. The number of pyridine rings is 1. The molecule has 2 aromatic heterocycles. The molecular weight excluding hydrogens is 416 g/mol. The standard InChI is InChI=1S/C22H20N4O4S/c1-15(16-9-5-3-6-10-16)26(17-11-7-4-8-12-17)31(29,30)18-13-19-20(23-14-18)25(2)22(28)24-21(19)27/h3-15H,1-2H3,(H,24,27,28). The van der Waals surface area contributed by atoms with E-state index in [1.54, 1.807) is 37.3 Å². The number of nitrogens with zero attached hydrogens (tertiary/aromatic N) is 3. The lowest BCUT2D eigenvalue weighted by Gasteiger charge is -2.31. The predicted octanol–water partition coefficient (Wildman–Crippen LogP) is 2.58. The second-order valence-corrected chi connectivity index (χ2v) is 8.90. The maximum absolute atomic E-state index is 13.8. The van der Waals surface area contributed by atoms with Gasteiger partial charge in [0.1, 0.15) is 10.5 Å². The van der Waals surface area contributed by atoms with Crippen LogP contribution in [0.25, 0.3) is 11.0 Å². The van der Waals surface area contributed by atoms with Gasteiger partial charge in [0.05, 0.1) is 17.1 Å². The first-order chi connectivity index (χ1) is 14.8. The molecule has 0 aliphatic heterocycles. The highest BCUT2D eigenvalue weighted by Gasteiger charge is 2.31. The summed E-state index contributed by atoms with van der Waals surface area (Å²) in [5.41, 5.74) is 0.0848. The fraction of sp³-hybridized carbons (Fsp3) is 0.136. The smallest absolute Gasteiger partial charge is 0.281 e. The summed E-state index contributed by atoms with van der Waals surface area (Å²) in [5.74, 6) is 0. The Hall–Kier alpha value is -3.72. The molecule has 1 N–H and O–H groups in total. The third-order valence-electron chi connectivity index (χ3n) is 5.13. The SMILES string of the molecule is CC(c1ccccc1)N(c1ccccc1)S(=O)(=O)c1cnc2c(c1)c(=O)[nH]c(=O)n2C. The topological polar surface area (TPSA) is 105 Å². The van der Waals surface area contributed by atoms with E-state index in [-0.39, 0.29) is 15.9 Å². The molecule has 4 rings (SSSR count). The van der Waals surface area contributed by atoms with Gasteiger partial charge in [0, 0.05) is 13.2 Å². The number of hydrogen-bond acceptors (Lipinski definition) is 5. The molecule has 1 unspecified atom stereocenters. The molecule has 1 atom stereocenters. The van der Waals surface area contributed by atoms with Gasteiger partial charge in [0.2, 0.25) is 0 Å². The Morgan fingerprint density at radius 3 is 2.26 bits per heavy atom. The summed E-state index contributed by atoms with van der Waals surface area (Å²) in [4.78, 5) is 30.3. The summed E-state index contributed by atoms with van der Waals surface area (Å²) in [6, 6.07) is 18.7. The van der Waals surface area contributed by atoms with E-state index in [1.807, 2.05) is 30.3 Å². The quantitative estimate of drug-likeness (QED) is 0.518. The van der Waals surface area contributed by atoms with Crippen molar-refractivity contribution in [1.29, 1.82) is 0 Å². The molecule has 2 heterocycles. The van der Waals surface area contributed by atoms with E-state index in [2.05, 4.69) is 9.97 Å². The second kappa shape index (κ2) is 7.84. The molecule has 0 saturated carbocycles. The van der Waals surface area contributed by atoms with E-state index in [9.17, 15) is 18.0 Å². The lowest BCUT2D eigenvalue weighted by molar-refractivity contribution is 0.582. The number of fused-ring (bicyclic) bond motifs is 1. The first kappa shape index (κ1) is 20.5. The van der Waals surface area contributed by atoms with E-state index in [0.29, 0.717) is 5.69 Å². The first-order valence-electron chi connectivity index (χ1n) is 9.54. The Labute approximate surface area is 178 Å². The summed E-state index contributed by atoms with van der Waals surface area (Å²) in [5, 5.41) is 0.0172. The summed E-state index contributed by atoms with van der Waals surface area (Å²) < 4.78 is 30.0. The molecule has 31 heavy (non-hydrogen) atoms. The van der Waals surface area contributed by atoms with Crippen LogP contribution in [-0.4, -0.2) is 23.0 Å². The van der Waals surface area contributed by atoms with Crippen LogP contribution in [0.2, 0.25) is 0 Å². The number of hydrogen-bond donors (Lipinski definition) is 1. The minimum atomic E-state index is -4.10. The largest absolute Gasteiger partial charge is 0.329 e. The highest BCUT2D eigenvalue weighted by atomic mass is 32.2. The molecular formula is C22H20N4O4S.